The highest BCUT2D eigenvalue weighted by Gasteiger charge is 2.29. The van der Waals surface area contributed by atoms with Crippen molar-refractivity contribution in [3.63, 3.8) is 0 Å². The Bertz CT molecular complexity index is 959. The maximum Gasteiger partial charge on any atom is 0.407 e. The van der Waals surface area contributed by atoms with E-state index in [0.717, 1.165) is 19.3 Å². The van der Waals surface area contributed by atoms with E-state index in [9.17, 15) is 14.4 Å². The van der Waals surface area contributed by atoms with Crippen LogP contribution in [0.1, 0.15) is 63.0 Å². The van der Waals surface area contributed by atoms with Crippen LogP contribution in [0.15, 0.2) is 48.5 Å². The van der Waals surface area contributed by atoms with Crippen LogP contribution in [0, 0.1) is 5.92 Å². The minimum absolute atomic E-state index is 0.0423. The highest BCUT2D eigenvalue weighted by molar-refractivity contribution is 5.83. The van der Waals surface area contributed by atoms with Gasteiger partial charge >= 0.3 is 12.1 Å². The number of amides is 2. The standard InChI is InChI=1S/C27H34N2O5/c1-18(2)25(26(31)32)29-24(30)15-5-3-4-10-16-28-27(33)34-17-23-21-13-8-6-11-19(21)20-12-7-9-14-22(20)23/h6-9,11-14,18,23,25H,3-5,10,15-17H2,1-2H3,(H,28,33)(H,29,30)(H,31,32). The Kier molecular flexibility index (Phi) is 9.08. The summed E-state index contributed by atoms with van der Waals surface area (Å²) in [4.78, 5) is 35.3. The molecule has 182 valence electrons. The fraction of sp³-hybridized carbons (Fsp3) is 0.444. The first-order chi connectivity index (χ1) is 16.4. The smallest absolute Gasteiger partial charge is 0.407 e. The van der Waals surface area contributed by atoms with Crippen molar-refractivity contribution in [2.75, 3.05) is 13.2 Å². The number of carboxylic acids is 1. The average Bonchev–Trinajstić information content (AvgIpc) is 3.14. The van der Waals surface area contributed by atoms with Crippen LogP contribution in [0.2, 0.25) is 0 Å². The highest BCUT2D eigenvalue weighted by Crippen LogP contribution is 2.44. The van der Waals surface area contributed by atoms with E-state index in [1.165, 1.54) is 22.3 Å². The molecule has 1 aliphatic rings. The summed E-state index contributed by atoms with van der Waals surface area (Å²) < 4.78 is 5.52. The molecule has 7 heteroatoms. The van der Waals surface area contributed by atoms with Gasteiger partial charge in [-0.15, -0.1) is 0 Å². The molecule has 0 saturated heterocycles. The van der Waals surface area contributed by atoms with Crippen LogP contribution in [0.5, 0.6) is 0 Å². The normalized spacial score (nSPS) is 13.1. The molecule has 34 heavy (non-hydrogen) atoms. The summed E-state index contributed by atoms with van der Waals surface area (Å²) in [6.45, 7) is 4.34. The van der Waals surface area contributed by atoms with Gasteiger partial charge in [-0.2, -0.15) is 0 Å². The highest BCUT2D eigenvalue weighted by atomic mass is 16.5. The average molecular weight is 467 g/mol. The molecule has 3 rings (SSSR count). The molecule has 1 atom stereocenters. The first-order valence-corrected chi connectivity index (χ1v) is 12.0. The van der Waals surface area contributed by atoms with Gasteiger partial charge in [-0.3, -0.25) is 4.79 Å². The van der Waals surface area contributed by atoms with Gasteiger partial charge in [0.15, 0.2) is 0 Å². The molecule has 0 aromatic heterocycles. The van der Waals surface area contributed by atoms with Crippen LogP contribution >= 0.6 is 0 Å². The molecule has 0 fully saturated rings. The zero-order chi connectivity index (χ0) is 24.5. The summed E-state index contributed by atoms with van der Waals surface area (Å²) in [7, 11) is 0. The van der Waals surface area contributed by atoms with E-state index in [4.69, 9.17) is 9.84 Å². The number of carbonyl (C=O) groups is 3. The van der Waals surface area contributed by atoms with Gasteiger partial charge in [-0.1, -0.05) is 75.2 Å². The monoisotopic (exact) mass is 466 g/mol. The fourth-order valence-corrected chi connectivity index (χ4v) is 4.36. The van der Waals surface area contributed by atoms with Gasteiger partial charge in [-0.05, 0) is 41.0 Å². The maximum atomic E-state index is 12.2. The number of benzene rings is 2. The minimum Gasteiger partial charge on any atom is -0.480 e. The molecule has 0 aliphatic heterocycles. The zero-order valence-corrected chi connectivity index (χ0v) is 19.9. The summed E-state index contributed by atoms with van der Waals surface area (Å²) in [5, 5.41) is 14.5. The van der Waals surface area contributed by atoms with Crippen molar-refractivity contribution < 1.29 is 24.2 Å². The van der Waals surface area contributed by atoms with Crippen molar-refractivity contribution in [2.45, 2.75) is 57.9 Å². The molecule has 3 N–H and O–H groups in total. The molecule has 2 amide bonds. The molecule has 1 aliphatic carbocycles. The Morgan fingerprint density at radius 2 is 1.50 bits per heavy atom. The van der Waals surface area contributed by atoms with Gasteiger partial charge in [0.05, 0.1) is 0 Å². The van der Waals surface area contributed by atoms with Crippen LogP contribution in [-0.4, -0.2) is 42.3 Å². The molecule has 0 radical (unpaired) electrons. The summed E-state index contributed by atoms with van der Waals surface area (Å²) in [6.07, 6.45) is 3.05. The van der Waals surface area contributed by atoms with Crippen LogP contribution in [0.25, 0.3) is 11.1 Å². The SMILES string of the molecule is CC(C)C(NC(=O)CCCCCCNC(=O)OCC1c2ccccc2-c2ccccc21)C(=O)O. The lowest BCUT2D eigenvalue weighted by Crippen LogP contribution is -2.44. The minimum atomic E-state index is -1.01. The third-order valence-electron chi connectivity index (χ3n) is 6.19. The van der Waals surface area contributed by atoms with Crippen molar-refractivity contribution >= 4 is 18.0 Å². The second-order valence-corrected chi connectivity index (χ2v) is 9.04. The lowest BCUT2D eigenvalue weighted by molar-refractivity contribution is -0.143. The molecule has 1 unspecified atom stereocenters. The number of aliphatic carboxylic acids is 1. The van der Waals surface area contributed by atoms with E-state index in [1.807, 2.05) is 24.3 Å². The molecule has 2 aromatic carbocycles. The van der Waals surface area contributed by atoms with E-state index in [1.54, 1.807) is 13.8 Å². The number of fused-ring (bicyclic) bond motifs is 3. The molecular formula is C27H34N2O5. The number of unbranched alkanes of at least 4 members (excludes halogenated alkanes) is 3. The number of hydrogen-bond donors (Lipinski definition) is 3. The molecule has 0 bridgehead atoms. The van der Waals surface area contributed by atoms with Crippen molar-refractivity contribution in [1.29, 1.82) is 0 Å². The largest absolute Gasteiger partial charge is 0.480 e. The Labute approximate surface area is 200 Å². The summed E-state index contributed by atoms with van der Waals surface area (Å²) >= 11 is 0. The van der Waals surface area contributed by atoms with Crippen molar-refractivity contribution in [3.05, 3.63) is 59.7 Å². The van der Waals surface area contributed by atoms with Crippen molar-refractivity contribution in [2.24, 2.45) is 5.92 Å². The van der Waals surface area contributed by atoms with Crippen LogP contribution < -0.4 is 10.6 Å². The van der Waals surface area contributed by atoms with Gasteiger partial charge in [0.25, 0.3) is 0 Å². The lowest BCUT2D eigenvalue weighted by Gasteiger charge is -2.17. The predicted octanol–water partition coefficient (Wildman–Crippen LogP) is 4.70. The first kappa shape index (κ1) is 25.3. The second-order valence-electron chi connectivity index (χ2n) is 9.04. The number of ether oxygens (including phenoxy) is 1. The number of rotatable bonds is 12. The third kappa shape index (κ3) is 6.59. The van der Waals surface area contributed by atoms with Gasteiger partial charge in [0.1, 0.15) is 12.6 Å². The topological polar surface area (TPSA) is 105 Å². The predicted molar refractivity (Wildman–Crippen MR) is 131 cm³/mol. The Morgan fingerprint density at radius 1 is 0.912 bits per heavy atom. The number of hydrogen-bond acceptors (Lipinski definition) is 4. The van der Waals surface area contributed by atoms with Gasteiger partial charge in [-0.25, -0.2) is 9.59 Å². The fourth-order valence-electron chi connectivity index (χ4n) is 4.36. The third-order valence-corrected chi connectivity index (χ3v) is 6.19. The summed E-state index contributed by atoms with van der Waals surface area (Å²) in [6, 6.07) is 15.6. The lowest BCUT2D eigenvalue weighted by atomic mass is 9.98. The van der Waals surface area contributed by atoms with Crippen molar-refractivity contribution in [3.8, 4) is 11.1 Å². The number of carboxylic acid groups (broad SMARTS) is 1. The van der Waals surface area contributed by atoms with E-state index in [2.05, 4.69) is 34.9 Å². The Hall–Kier alpha value is -3.35. The Balaban J connectivity index is 1.30. The molecule has 2 aromatic rings. The van der Waals surface area contributed by atoms with Gasteiger partial charge in [0.2, 0.25) is 5.91 Å². The van der Waals surface area contributed by atoms with E-state index >= 15 is 0 Å². The van der Waals surface area contributed by atoms with Crippen molar-refractivity contribution in [1.82, 2.24) is 10.6 Å². The second kappa shape index (κ2) is 12.2. The molecule has 0 heterocycles. The van der Waals surface area contributed by atoms with E-state index < -0.39 is 18.1 Å². The number of carbonyl (C=O) groups excluding carboxylic acids is 2. The van der Waals surface area contributed by atoms with E-state index in [-0.39, 0.29) is 17.7 Å². The van der Waals surface area contributed by atoms with Gasteiger partial charge < -0.3 is 20.5 Å². The summed E-state index contributed by atoms with van der Waals surface area (Å²) in [5.74, 6) is -1.37. The first-order valence-electron chi connectivity index (χ1n) is 12.0. The summed E-state index contributed by atoms with van der Waals surface area (Å²) in [5.41, 5.74) is 4.76. The molecular weight excluding hydrogens is 432 g/mol. The van der Waals surface area contributed by atoms with E-state index in [0.29, 0.717) is 26.0 Å². The number of nitrogens with one attached hydrogen (secondary N) is 2. The molecule has 0 saturated carbocycles. The van der Waals surface area contributed by atoms with Crippen LogP contribution in [0.4, 0.5) is 4.79 Å². The van der Waals surface area contributed by atoms with Crippen LogP contribution in [0.3, 0.4) is 0 Å². The van der Waals surface area contributed by atoms with Gasteiger partial charge in [0, 0.05) is 18.9 Å². The quantitative estimate of drug-likeness (QED) is 0.393. The Morgan fingerprint density at radius 3 is 2.09 bits per heavy atom. The van der Waals surface area contributed by atoms with Crippen LogP contribution in [-0.2, 0) is 14.3 Å². The number of alkyl carbamates (subject to hydrolysis) is 1. The zero-order valence-electron chi connectivity index (χ0n) is 19.9. The molecule has 7 nitrogen and oxygen atoms in total. The maximum absolute atomic E-state index is 12.2. The molecule has 0 spiro atoms.